The number of ether oxygens (including phenoxy) is 1. The third-order valence-electron chi connectivity index (χ3n) is 4.71. The van der Waals surface area contributed by atoms with Crippen LogP contribution in [0.15, 0.2) is 40.8 Å². The fourth-order valence-corrected chi connectivity index (χ4v) is 4.02. The topological polar surface area (TPSA) is 92.3 Å². The van der Waals surface area contributed by atoms with E-state index in [0.29, 0.717) is 23.6 Å². The average molecular weight is 372 g/mol. The first-order valence-corrected chi connectivity index (χ1v) is 9.92. The van der Waals surface area contributed by atoms with Crippen molar-refractivity contribution in [3.8, 4) is 11.8 Å². The van der Waals surface area contributed by atoms with Gasteiger partial charge in [-0.05, 0) is 37.1 Å². The number of para-hydroxylation sites is 1. The molecule has 136 valence electrons. The summed E-state index contributed by atoms with van der Waals surface area (Å²) in [6.45, 7) is 0.506. The van der Waals surface area contributed by atoms with Crippen LogP contribution in [0, 0.1) is 11.3 Å². The molecule has 0 radical (unpaired) electrons. The summed E-state index contributed by atoms with van der Waals surface area (Å²) in [5.41, 5.74) is 0.440. The largest absolute Gasteiger partial charge is 0.484 e. The maximum absolute atomic E-state index is 12.3. The van der Waals surface area contributed by atoms with E-state index >= 15 is 0 Å². The third kappa shape index (κ3) is 3.81. The van der Waals surface area contributed by atoms with Crippen molar-refractivity contribution in [3.05, 3.63) is 53.5 Å². The van der Waals surface area contributed by atoms with Crippen molar-refractivity contribution in [2.24, 2.45) is 0 Å². The molecule has 6 nitrogen and oxygen atoms in total. The van der Waals surface area contributed by atoms with Crippen LogP contribution in [0.1, 0.15) is 41.1 Å². The van der Waals surface area contributed by atoms with Crippen LogP contribution in [0.25, 0.3) is 0 Å². The number of hydrogen-bond acceptors (Lipinski definition) is 5. The van der Waals surface area contributed by atoms with Gasteiger partial charge < -0.3 is 14.5 Å². The smallest absolute Gasteiger partial charge is 0.287 e. The molecule has 1 aromatic carbocycles. The fraction of sp³-hybridized carbons (Fsp3) is 0.368. The van der Waals surface area contributed by atoms with Crippen LogP contribution >= 0.6 is 0 Å². The number of rotatable bonds is 7. The zero-order valence-electron chi connectivity index (χ0n) is 14.5. The second-order valence-corrected chi connectivity index (χ2v) is 8.11. The summed E-state index contributed by atoms with van der Waals surface area (Å²) in [5, 5.41) is 11.9. The van der Waals surface area contributed by atoms with E-state index in [4.69, 9.17) is 14.4 Å². The predicted molar refractivity (Wildman–Crippen MR) is 97.2 cm³/mol. The van der Waals surface area contributed by atoms with Gasteiger partial charge in [0.05, 0.1) is 10.3 Å². The van der Waals surface area contributed by atoms with Gasteiger partial charge in [0.1, 0.15) is 24.2 Å². The molecule has 7 heteroatoms. The predicted octanol–water partition coefficient (Wildman–Crippen LogP) is 2.76. The normalized spacial score (nSPS) is 16.2. The summed E-state index contributed by atoms with van der Waals surface area (Å²) in [4.78, 5) is 12.3. The molecule has 1 aliphatic rings. The molecule has 0 saturated heterocycles. The molecule has 1 N–H and O–H groups in total. The lowest BCUT2D eigenvalue weighted by molar-refractivity contribution is 0.0911. The van der Waals surface area contributed by atoms with E-state index in [-0.39, 0.29) is 23.0 Å². The quantitative estimate of drug-likeness (QED) is 0.807. The lowest BCUT2D eigenvalue weighted by Crippen LogP contribution is -2.50. The van der Waals surface area contributed by atoms with E-state index in [0.717, 1.165) is 19.3 Å². The van der Waals surface area contributed by atoms with E-state index < -0.39 is 10.8 Å². The number of carbonyl (C=O) groups excluding carboxylic acids is 1. The van der Waals surface area contributed by atoms with E-state index in [1.54, 1.807) is 42.7 Å². The van der Waals surface area contributed by atoms with Crippen LogP contribution in [-0.4, -0.2) is 27.7 Å². The van der Waals surface area contributed by atoms with Gasteiger partial charge in [-0.3, -0.25) is 9.00 Å². The van der Waals surface area contributed by atoms with Crippen LogP contribution in [0.4, 0.5) is 0 Å². The van der Waals surface area contributed by atoms with Crippen molar-refractivity contribution >= 4 is 16.7 Å². The Morgan fingerprint density at radius 2 is 2.12 bits per heavy atom. The Morgan fingerprint density at radius 1 is 1.35 bits per heavy atom. The summed E-state index contributed by atoms with van der Waals surface area (Å²) in [7, 11) is -0.969. The molecule has 1 aliphatic carbocycles. The summed E-state index contributed by atoms with van der Waals surface area (Å²) in [6.07, 6.45) is 4.46. The van der Waals surface area contributed by atoms with Gasteiger partial charge in [-0.15, -0.1) is 0 Å². The van der Waals surface area contributed by atoms with Crippen molar-refractivity contribution in [2.45, 2.75) is 30.6 Å². The van der Waals surface area contributed by atoms with Gasteiger partial charge in [-0.2, -0.15) is 5.26 Å². The first kappa shape index (κ1) is 18.2. The number of furan rings is 1. The number of hydrogen-bond donors (Lipinski definition) is 1. The zero-order valence-corrected chi connectivity index (χ0v) is 15.3. The Balaban J connectivity index is 1.56. The maximum atomic E-state index is 12.3. The number of benzene rings is 1. The summed E-state index contributed by atoms with van der Waals surface area (Å²) < 4.78 is 22.7. The lowest BCUT2D eigenvalue weighted by atomic mass is 9.84. The second kappa shape index (κ2) is 7.75. The maximum Gasteiger partial charge on any atom is 0.287 e. The molecule has 1 fully saturated rings. The monoisotopic (exact) mass is 372 g/mol. The van der Waals surface area contributed by atoms with Crippen molar-refractivity contribution in [2.75, 3.05) is 12.8 Å². The fourth-order valence-electron chi connectivity index (χ4n) is 2.88. The molecule has 26 heavy (non-hydrogen) atoms. The minimum Gasteiger partial charge on any atom is -0.484 e. The van der Waals surface area contributed by atoms with E-state index in [1.165, 1.54) is 0 Å². The number of amides is 1. The van der Waals surface area contributed by atoms with Crippen LogP contribution in [0.2, 0.25) is 0 Å². The number of carbonyl (C=O) groups is 1. The van der Waals surface area contributed by atoms with Crippen molar-refractivity contribution in [3.63, 3.8) is 0 Å². The third-order valence-corrected chi connectivity index (χ3v) is 6.48. The summed E-state index contributed by atoms with van der Waals surface area (Å²) >= 11 is 0. The first-order chi connectivity index (χ1) is 12.5. The van der Waals surface area contributed by atoms with Crippen molar-refractivity contribution < 1.29 is 18.2 Å². The minimum absolute atomic E-state index is 0.120. The molecular formula is C19H20N2O4S. The van der Waals surface area contributed by atoms with Gasteiger partial charge >= 0.3 is 0 Å². The SMILES string of the molecule is C[S@@](=O)C1(CNC(=O)c2ccc(COc3ccccc3C#N)o2)CCC1. The molecule has 1 aromatic heterocycles. The molecule has 0 spiro atoms. The second-order valence-electron chi connectivity index (χ2n) is 6.34. The van der Waals surface area contributed by atoms with Crippen LogP contribution in [0.3, 0.4) is 0 Å². The van der Waals surface area contributed by atoms with E-state index in [9.17, 15) is 9.00 Å². The molecule has 1 amide bonds. The number of nitriles is 1. The Hall–Kier alpha value is -2.59. The van der Waals surface area contributed by atoms with Gasteiger partial charge in [-0.25, -0.2) is 0 Å². The minimum atomic E-state index is -0.969. The molecule has 2 aromatic rings. The number of nitrogens with one attached hydrogen (secondary N) is 1. The molecule has 1 saturated carbocycles. The molecule has 1 heterocycles. The highest BCUT2D eigenvalue weighted by Gasteiger charge is 2.41. The highest BCUT2D eigenvalue weighted by molar-refractivity contribution is 7.85. The standard InChI is InChI=1S/C19H20N2O4S/c1-26(23)19(9-4-10-19)13-21-18(22)17-8-7-15(25-17)12-24-16-6-3-2-5-14(16)11-20/h2-3,5-8H,4,9-10,12-13H2,1H3,(H,21,22)/t26-/m1/s1. The summed E-state index contributed by atoms with van der Waals surface area (Å²) in [5.74, 6) is 0.814. The van der Waals surface area contributed by atoms with Crippen LogP contribution in [0.5, 0.6) is 5.75 Å². The zero-order chi connectivity index (χ0) is 18.6. The highest BCUT2D eigenvalue weighted by Crippen LogP contribution is 2.36. The molecule has 1 atom stereocenters. The lowest BCUT2D eigenvalue weighted by Gasteiger charge is -2.39. The highest BCUT2D eigenvalue weighted by atomic mass is 32.2. The van der Waals surface area contributed by atoms with E-state index in [1.807, 2.05) is 0 Å². The first-order valence-electron chi connectivity index (χ1n) is 8.36. The van der Waals surface area contributed by atoms with Crippen LogP contribution < -0.4 is 10.1 Å². The molecule has 0 bridgehead atoms. The molecule has 0 aliphatic heterocycles. The average Bonchev–Trinajstić information content (AvgIpc) is 3.08. The van der Waals surface area contributed by atoms with Gasteiger partial charge in [0.25, 0.3) is 5.91 Å². The Kier molecular flexibility index (Phi) is 5.43. The van der Waals surface area contributed by atoms with Crippen molar-refractivity contribution in [1.29, 1.82) is 5.26 Å². The van der Waals surface area contributed by atoms with Crippen LogP contribution in [-0.2, 0) is 17.4 Å². The Labute approximate surface area is 154 Å². The molecule has 0 unspecified atom stereocenters. The van der Waals surface area contributed by atoms with Gasteiger partial charge in [0, 0.05) is 23.6 Å². The van der Waals surface area contributed by atoms with E-state index in [2.05, 4.69) is 11.4 Å². The van der Waals surface area contributed by atoms with Crippen molar-refractivity contribution in [1.82, 2.24) is 5.32 Å². The molecule has 3 rings (SSSR count). The molecular weight excluding hydrogens is 352 g/mol. The van der Waals surface area contributed by atoms with Gasteiger partial charge in [0.15, 0.2) is 5.76 Å². The summed E-state index contributed by atoms with van der Waals surface area (Å²) in [6, 6.07) is 12.2. The van der Waals surface area contributed by atoms with Gasteiger partial charge in [0.2, 0.25) is 0 Å². The Bertz CT molecular complexity index is 864. The number of nitrogens with zero attached hydrogens (tertiary/aromatic N) is 1. The Morgan fingerprint density at radius 3 is 2.77 bits per heavy atom. The van der Waals surface area contributed by atoms with Gasteiger partial charge in [-0.1, -0.05) is 18.6 Å².